The van der Waals surface area contributed by atoms with Crippen LogP contribution >= 0.6 is 11.6 Å². The molecule has 0 spiro atoms. The number of carbonyl (C=O) groups is 2. The van der Waals surface area contributed by atoms with E-state index in [1.165, 1.54) is 12.3 Å². The number of carboxylic acid groups (broad SMARTS) is 2. The molecule has 1 aromatic heterocycles. The van der Waals surface area contributed by atoms with Crippen LogP contribution in [-0.4, -0.2) is 40.2 Å². The molecule has 2 heterocycles. The van der Waals surface area contributed by atoms with Gasteiger partial charge in [-0.1, -0.05) is 11.6 Å². The molecule has 1 aliphatic carbocycles. The summed E-state index contributed by atoms with van der Waals surface area (Å²) >= 11 is 6.11. The van der Waals surface area contributed by atoms with E-state index in [4.69, 9.17) is 16.7 Å². The molecule has 1 aliphatic heterocycles. The van der Waals surface area contributed by atoms with E-state index in [0.29, 0.717) is 24.8 Å². The first kappa shape index (κ1) is 14.1. The lowest BCUT2D eigenvalue weighted by molar-refractivity contribution is -0.142. The zero-order valence-electron chi connectivity index (χ0n) is 11.2. The molecule has 1 aromatic rings. The van der Waals surface area contributed by atoms with E-state index in [-0.39, 0.29) is 16.5 Å². The number of hydrogen-bond acceptors (Lipinski definition) is 4. The van der Waals surface area contributed by atoms with Crippen molar-refractivity contribution >= 4 is 29.4 Å². The summed E-state index contributed by atoms with van der Waals surface area (Å²) in [7, 11) is 0. The van der Waals surface area contributed by atoms with Gasteiger partial charge in [-0.2, -0.15) is 0 Å². The predicted octanol–water partition coefficient (Wildman–Crippen LogP) is 1.98. The highest BCUT2D eigenvalue weighted by Crippen LogP contribution is 2.45. The zero-order chi connectivity index (χ0) is 15.1. The predicted molar refractivity (Wildman–Crippen MR) is 75.8 cm³/mol. The maximum Gasteiger partial charge on any atom is 0.337 e. The second-order valence-corrected chi connectivity index (χ2v) is 6.09. The summed E-state index contributed by atoms with van der Waals surface area (Å²) in [4.78, 5) is 28.2. The van der Waals surface area contributed by atoms with Crippen LogP contribution in [0.3, 0.4) is 0 Å². The summed E-state index contributed by atoms with van der Waals surface area (Å²) in [5.41, 5.74) is 0.0245. The molecule has 2 N–H and O–H groups in total. The SMILES string of the molecule is O=C(O)c1cnc(N2C[C@@H](C(=O)O)[C@H](C3CC3)C2)c(Cl)c1. The van der Waals surface area contributed by atoms with Crippen molar-refractivity contribution in [1.82, 2.24) is 4.98 Å². The van der Waals surface area contributed by atoms with Crippen LogP contribution in [0.5, 0.6) is 0 Å². The molecule has 1 saturated heterocycles. The highest BCUT2D eigenvalue weighted by Gasteiger charge is 2.46. The number of aliphatic carboxylic acids is 1. The van der Waals surface area contributed by atoms with Crippen LogP contribution in [0.15, 0.2) is 12.3 Å². The minimum absolute atomic E-state index is 0.0245. The molecule has 7 heteroatoms. The van der Waals surface area contributed by atoms with E-state index in [0.717, 1.165) is 12.8 Å². The van der Waals surface area contributed by atoms with Crippen LogP contribution in [0.2, 0.25) is 5.02 Å². The summed E-state index contributed by atoms with van der Waals surface area (Å²) in [6, 6.07) is 1.35. The number of anilines is 1. The van der Waals surface area contributed by atoms with Gasteiger partial charge in [0.15, 0.2) is 0 Å². The van der Waals surface area contributed by atoms with Gasteiger partial charge in [0, 0.05) is 19.3 Å². The highest BCUT2D eigenvalue weighted by atomic mass is 35.5. The molecule has 21 heavy (non-hydrogen) atoms. The molecule has 6 nitrogen and oxygen atoms in total. The van der Waals surface area contributed by atoms with Gasteiger partial charge in [0.05, 0.1) is 16.5 Å². The lowest BCUT2D eigenvalue weighted by Crippen LogP contribution is -2.24. The Balaban J connectivity index is 1.84. The summed E-state index contributed by atoms with van der Waals surface area (Å²) in [6.07, 6.45) is 3.42. The summed E-state index contributed by atoms with van der Waals surface area (Å²) in [6.45, 7) is 0.983. The molecule has 0 bridgehead atoms. The second kappa shape index (κ2) is 5.18. The minimum atomic E-state index is -1.09. The molecule has 2 fully saturated rings. The van der Waals surface area contributed by atoms with Crippen LogP contribution in [0.25, 0.3) is 0 Å². The maximum absolute atomic E-state index is 11.4. The number of aromatic carboxylic acids is 1. The molecule has 0 unspecified atom stereocenters. The fourth-order valence-electron chi connectivity index (χ4n) is 3.05. The normalized spacial score (nSPS) is 25.1. The number of pyridine rings is 1. The average molecular weight is 311 g/mol. The first-order chi connectivity index (χ1) is 9.97. The topological polar surface area (TPSA) is 90.7 Å². The van der Waals surface area contributed by atoms with E-state index in [1.54, 1.807) is 0 Å². The first-order valence-corrected chi connectivity index (χ1v) is 7.21. The molecule has 0 radical (unpaired) electrons. The molecule has 0 aromatic carbocycles. The van der Waals surface area contributed by atoms with Crippen molar-refractivity contribution in [2.24, 2.45) is 17.8 Å². The molecular formula is C14H15ClN2O4. The molecule has 0 amide bonds. The Bertz CT molecular complexity index is 603. The van der Waals surface area contributed by atoms with E-state index in [2.05, 4.69) is 4.98 Å². The summed E-state index contributed by atoms with van der Waals surface area (Å²) in [5.74, 6) is -1.21. The van der Waals surface area contributed by atoms with E-state index >= 15 is 0 Å². The summed E-state index contributed by atoms with van der Waals surface area (Å²) in [5, 5.41) is 18.5. The maximum atomic E-state index is 11.4. The zero-order valence-corrected chi connectivity index (χ0v) is 12.0. The lowest BCUT2D eigenvalue weighted by Gasteiger charge is -2.18. The van der Waals surface area contributed by atoms with E-state index in [1.807, 2.05) is 4.90 Å². The van der Waals surface area contributed by atoms with Crippen LogP contribution < -0.4 is 4.90 Å². The third-order valence-electron chi connectivity index (χ3n) is 4.28. The molecule has 2 atom stereocenters. The van der Waals surface area contributed by atoms with Gasteiger partial charge in [0.2, 0.25) is 0 Å². The number of aromatic nitrogens is 1. The number of carboxylic acids is 2. The Morgan fingerprint density at radius 3 is 2.52 bits per heavy atom. The van der Waals surface area contributed by atoms with Crippen LogP contribution in [0.1, 0.15) is 23.2 Å². The van der Waals surface area contributed by atoms with Crippen molar-refractivity contribution < 1.29 is 19.8 Å². The third kappa shape index (κ3) is 2.68. The van der Waals surface area contributed by atoms with Gasteiger partial charge in [-0.25, -0.2) is 9.78 Å². The number of nitrogens with zero attached hydrogens (tertiary/aromatic N) is 2. The second-order valence-electron chi connectivity index (χ2n) is 5.69. The number of halogens is 1. The first-order valence-electron chi connectivity index (χ1n) is 6.84. The van der Waals surface area contributed by atoms with Gasteiger partial charge in [-0.3, -0.25) is 4.79 Å². The van der Waals surface area contributed by atoms with Crippen molar-refractivity contribution in [2.45, 2.75) is 12.8 Å². The molecule has 2 aliphatic rings. The molecular weight excluding hydrogens is 296 g/mol. The Kier molecular flexibility index (Phi) is 3.49. The number of rotatable bonds is 4. The monoisotopic (exact) mass is 310 g/mol. The van der Waals surface area contributed by atoms with Crippen molar-refractivity contribution in [1.29, 1.82) is 0 Å². The van der Waals surface area contributed by atoms with Gasteiger partial charge in [-0.15, -0.1) is 0 Å². The van der Waals surface area contributed by atoms with Crippen LogP contribution in [0, 0.1) is 17.8 Å². The fraction of sp³-hybridized carbons (Fsp3) is 0.500. The van der Waals surface area contributed by atoms with E-state index < -0.39 is 17.9 Å². The lowest BCUT2D eigenvalue weighted by atomic mass is 9.92. The molecule has 112 valence electrons. The molecule has 3 rings (SSSR count). The van der Waals surface area contributed by atoms with Crippen molar-refractivity contribution in [3.05, 3.63) is 22.8 Å². The van der Waals surface area contributed by atoms with Crippen LogP contribution in [0.4, 0.5) is 5.82 Å². The standard InChI is InChI=1S/C14H15ClN2O4/c15-11-3-8(13(18)19)4-16-12(11)17-5-9(7-1-2-7)10(6-17)14(20)21/h3-4,7,9-10H,1-2,5-6H2,(H,18,19)(H,20,21)/t9-,10+/m0/s1. The van der Waals surface area contributed by atoms with Gasteiger partial charge in [0.25, 0.3) is 0 Å². The van der Waals surface area contributed by atoms with Gasteiger partial charge >= 0.3 is 11.9 Å². The smallest absolute Gasteiger partial charge is 0.337 e. The largest absolute Gasteiger partial charge is 0.481 e. The Labute approximate surface area is 126 Å². The average Bonchev–Trinajstić information content (AvgIpc) is 3.17. The van der Waals surface area contributed by atoms with Crippen molar-refractivity contribution in [3.63, 3.8) is 0 Å². The van der Waals surface area contributed by atoms with Gasteiger partial charge < -0.3 is 15.1 Å². The minimum Gasteiger partial charge on any atom is -0.481 e. The molecule has 1 saturated carbocycles. The third-order valence-corrected chi connectivity index (χ3v) is 4.56. The summed E-state index contributed by atoms with van der Waals surface area (Å²) < 4.78 is 0. The van der Waals surface area contributed by atoms with E-state index in [9.17, 15) is 14.7 Å². The highest BCUT2D eigenvalue weighted by molar-refractivity contribution is 6.33. The quantitative estimate of drug-likeness (QED) is 0.883. The van der Waals surface area contributed by atoms with Crippen LogP contribution in [-0.2, 0) is 4.79 Å². The Morgan fingerprint density at radius 2 is 2.00 bits per heavy atom. The van der Waals surface area contributed by atoms with Crippen molar-refractivity contribution in [2.75, 3.05) is 18.0 Å². The Hall–Kier alpha value is -1.82. The van der Waals surface area contributed by atoms with Gasteiger partial charge in [-0.05, 0) is 30.7 Å². The van der Waals surface area contributed by atoms with Gasteiger partial charge in [0.1, 0.15) is 5.82 Å². The number of hydrogen-bond donors (Lipinski definition) is 2. The fourth-order valence-corrected chi connectivity index (χ4v) is 3.33. The van der Waals surface area contributed by atoms with Crippen molar-refractivity contribution in [3.8, 4) is 0 Å². The Morgan fingerprint density at radius 1 is 1.29 bits per heavy atom.